The standard InChI is InChI=1S/C10H13F2NO2S/c1-6(13)3-7-4-8(11)10(9(12)5-7)16(2,14)15/h4-6H,3,13H2,1-2H3. The highest BCUT2D eigenvalue weighted by Gasteiger charge is 2.20. The van der Waals surface area contributed by atoms with Crippen molar-refractivity contribution in [2.45, 2.75) is 24.3 Å². The van der Waals surface area contributed by atoms with Crippen LogP contribution in [-0.2, 0) is 16.3 Å². The van der Waals surface area contributed by atoms with Gasteiger partial charge in [0.05, 0.1) is 0 Å². The van der Waals surface area contributed by atoms with E-state index < -0.39 is 26.4 Å². The van der Waals surface area contributed by atoms with E-state index in [2.05, 4.69) is 0 Å². The first-order valence-corrected chi connectivity index (χ1v) is 6.54. The Kier molecular flexibility index (Phi) is 3.64. The lowest BCUT2D eigenvalue weighted by Crippen LogP contribution is -2.18. The van der Waals surface area contributed by atoms with E-state index in [1.54, 1.807) is 6.92 Å². The molecule has 0 radical (unpaired) electrons. The van der Waals surface area contributed by atoms with Crippen LogP contribution in [0.5, 0.6) is 0 Å². The average molecular weight is 249 g/mol. The molecule has 0 spiro atoms. The Hall–Kier alpha value is -1.01. The molecule has 1 unspecified atom stereocenters. The minimum atomic E-state index is -3.89. The molecule has 0 aliphatic carbocycles. The maximum Gasteiger partial charge on any atom is 0.181 e. The van der Waals surface area contributed by atoms with E-state index in [9.17, 15) is 17.2 Å². The van der Waals surface area contributed by atoms with Crippen molar-refractivity contribution >= 4 is 9.84 Å². The second-order valence-electron chi connectivity index (χ2n) is 3.84. The molecule has 0 amide bonds. The lowest BCUT2D eigenvalue weighted by molar-refractivity contribution is 0.517. The summed E-state index contributed by atoms with van der Waals surface area (Å²) in [7, 11) is -3.89. The van der Waals surface area contributed by atoms with E-state index in [4.69, 9.17) is 5.73 Å². The summed E-state index contributed by atoms with van der Waals surface area (Å²) < 4.78 is 49.0. The van der Waals surface area contributed by atoms with Gasteiger partial charge >= 0.3 is 0 Å². The molecule has 6 heteroatoms. The van der Waals surface area contributed by atoms with Gasteiger partial charge in [-0.1, -0.05) is 0 Å². The second kappa shape index (κ2) is 4.47. The molecule has 0 aliphatic rings. The van der Waals surface area contributed by atoms with Gasteiger partial charge < -0.3 is 5.73 Å². The summed E-state index contributed by atoms with van der Waals surface area (Å²) >= 11 is 0. The van der Waals surface area contributed by atoms with Gasteiger partial charge in [0.25, 0.3) is 0 Å². The van der Waals surface area contributed by atoms with Crippen molar-refractivity contribution in [3.63, 3.8) is 0 Å². The van der Waals surface area contributed by atoms with Crippen molar-refractivity contribution in [3.8, 4) is 0 Å². The van der Waals surface area contributed by atoms with Gasteiger partial charge in [0.1, 0.15) is 16.5 Å². The third-order valence-corrected chi connectivity index (χ3v) is 3.12. The van der Waals surface area contributed by atoms with Crippen molar-refractivity contribution in [2.24, 2.45) is 5.73 Å². The van der Waals surface area contributed by atoms with Crippen LogP contribution in [0.15, 0.2) is 17.0 Å². The fourth-order valence-corrected chi connectivity index (χ4v) is 2.28. The van der Waals surface area contributed by atoms with Crippen LogP contribution in [0.2, 0.25) is 0 Å². The highest BCUT2D eigenvalue weighted by molar-refractivity contribution is 7.90. The summed E-state index contributed by atoms with van der Waals surface area (Å²) in [5.41, 5.74) is 5.83. The van der Waals surface area contributed by atoms with E-state index in [0.717, 1.165) is 18.4 Å². The lowest BCUT2D eigenvalue weighted by Gasteiger charge is -2.08. The smallest absolute Gasteiger partial charge is 0.181 e. The zero-order chi connectivity index (χ0) is 12.5. The zero-order valence-corrected chi connectivity index (χ0v) is 9.81. The summed E-state index contributed by atoms with van der Waals surface area (Å²) in [6.45, 7) is 1.69. The molecule has 0 fully saturated rings. The van der Waals surface area contributed by atoms with Gasteiger partial charge in [-0.2, -0.15) is 0 Å². The van der Waals surface area contributed by atoms with Crippen molar-refractivity contribution < 1.29 is 17.2 Å². The molecule has 0 saturated carbocycles. The predicted molar refractivity (Wildman–Crippen MR) is 56.8 cm³/mol. The van der Waals surface area contributed by atoms with Crippen LogP contribution in [0.1, 0.15) is 12.5 Å². The molecule has 0 heterocycles. The van der Waals surface area contributed by atoms with Crippen LogP contribution < -0.4 is 5.73 Å². The number of nitrogens with two attached hydrogens (primary N) is 1. The Labute approximate surface area is 93.2 Å². The van der Waals surface area contributed by atoms with Gasteiger partial charge in [0.2, 0.25) is 0 Å². The molecule has 1 aromatic carbocycles. The molecule has 1 aromatic rings. The molecule has 1 rings (SSSR count). The first-order valence-electron chi connectivity index (χ1n) is 4.65. The van der Waals surface area contributed by atoms with Gasteiger partial charge in [-0.05, 0) is 31.0 Å². The Bertz CT molecular complexity index is 475. The van der Waals surface area contributed by atoms with Gasteiger partial charge in [0, 0.05) is 12.3 Å². The quantitative estimate of drug-likeness (QED) is 0.877. The normalized spacial score (nSPS) is 13.8. The van der Waals surface area contributed by atoms with Crippen molar-refractivity contribution in [3.05, 3.63) is 29.3 Å². The third-order valence-electron chi connectivity index (χ3n) is 1.99. The Morgan fingerprint density at radius 2 is 1.75 bits per heavy atom. The van der Waals surface area contributed by atoms with E-state index in [-0.39, 0.29) is 12.5 Å². The molecule has 90 valence electrons. The molecule has 16 heavy (non-hydrogen) atoms. The summed E-state index contributed by atoms with van der Waals surface area (Å²) in [4.78, 5) is -0.888. The summed E-state index contributed by atoms with van der Waals surface area (Å²) in [6, 6.07) is 1.76. The number of hydrogen-bond acceptors (Lipinski definition) is 3. The zero-order valence-electron chi connectivity index (χ0n) is 9.00. The van der Waals surface area contributed by atoms with E-state index >= 15 is 0 Å². The summed E-state index contributed by atoms with van der Waals surface area (Å²) in [5, 5.41) is 0. The highest BCUT2D eigenvalue weighted by atomic mass is 32.2. The Balaban J connectivity index is 3.29. The van der Waals surface area contributed by atoms with Crippen LogP contribution in [-0.4, -0.2) is 20.7 Å². The molecule has 3 nitrogen and oxygen atoms in total. The van der Waals surface area contributed by atoms with Crippen LogP contribution >= 0.6 is 0 Å². The van der Waals surface area contributed by atoms with Gasteiger partial charge in [-0.3, -0.25) is 0 Å². The highest BCUT2D eigenvalue weighted by Crippen LogP contribution is 2.21. The van der Waals surface area contributed by atoms with Gasteiger partial charge in [0.15, 0.2) is 9.84 Å². The van der Waals surface area contributed by atoms with E-state index in [1.165, 1.54) is 0 Å². The molecular formula is C10H13F2NO2S. The molecule has 2 N–H and O–H groups in total. The van der Waals surface area contributed by atoms with E-state index in [1.807, 2.05) is 0 Å². The molecular weight excluding hydrogens is 236 g/mol. The fraction of sp³-hybridized carbons (Fsp3) is 0.400. The largest absolute Gasteiger partial charge is 0.328 e. The minimum Gasteiger partial charge on any atom is -0.328 e. The molecule has 0 aliphatic heterocycles. The lowest BCUT2D eigenvalue weighted by atomic mass is 10.1. The first kappa shape index (κ1) is 13.1. The monoisotopic (exact) mass is 249 g/mol. The van der Waals surface area contributed by atoms with Crippen LogP contribution in [0, 0.1) is 11.6 Å². The predicted octanol–water partition coefficient (Wildman–Crippen LogP) is 1.26. The first-order chi connectivity index (χ1) is 7.21. The van der Waals surface area contributed by atoms with E-state index in [0.29, 0.717) is 5.56 Å². The number of halogens is 2. The maximum atomic E-state index is 13.4. The molecule has 0 saturated heterocycles. The van der Waals surface area contributed by atoms with Crippen LogP contribution in [0.25, 0.3) is 0 Å². The molecule has 0 aromatic heterocycles. The Morgan fingerprint density at radius 3 is 2.06 bits per heavy atom. The van der Waals surface area contributed by atoms with Crippen LogP contribution in [0.4, 0.5) is 8.78 Å². The SMILES string of the molecule is CC(N)Cc1cc(F)c(S(C)(=O)=O)c(F)c1. The van der Waals surface area contributed by atoms with Gasteiger partial charge in [-0.15, -0.1) is 0 Å². The molecule has 1 atom stereocenters. The molecule has 0 bridgehead atoms. The number of hydrogen-bond donors (Lipinski definition) is 1. The fourth-order valence-electron chi connectivity index (χ4n) is 1.46. The number of rotatable bonds is 3. The van der Waals surface area contributed by atoms with Crippen LogP contribution in [0.3, 0.4) is 0 Å². The van der Waals surface area contributed by atoms with Crippen molar-refractivity contribution in [2.75, 3.05) is 6.26 Å². The van der Waals surface area contributed by atoms with Gasteiger partial charge in [-0.25, -0.2) is 17.2 Å². The number of benzene rings is 1. The topological polar surface area (TPSA) is 60.2 Å². The summed E-state index contributed by atoms with van der Waals surface area (Å²) in [6.07, 6.45) is 1.05. The third kappa shape index (κ3) is 2.99. The summed E-state index contributed by atoms with van der Waals surface area (Å²) in [5.74, 6) is -2.14. The van der Waals surface area contributed by atoms with Crippen molar-refractivity contribution in [1.82, 2.24) is 0 Å². The number of sulfone groups is 1. The Morgan fingerprint density at radius 1 is 1.31 bits per heavy atom. The second-order valence-corrected chi connectivity index (χ2v) is 5.79. The average Bonchev–Trinajstić information content (AvgIpc) is 1.96. The maximum absolute atomic E-state index is 13.4. The van der Waals surface area contributed by atoms with Crippen molar-refractivity contribution in [1.29, 1.82) is 0 Å². The minimum absolute atomic E-state index is 0.247.